The summed E-state index contributed by atoms with van der Waals surface area (Å²) in [6, 6.07) is 8.35. The molecule has 1 aromatic heterocycles. The molecule has 3 nitrogen and oxygen atoms in total. The van der Waals surface area contributed by atoms with Crippen LogP contribution >= 0.6 is 15.9 Å². The Balaban J connectivity index is 2.05. The monoisotopic (exact) mass is 305 g/mol. The molecule has 0 aliphatic carbocycles. The fraction of sp³-hybridized carbons (Fsp3) is 0.286. The van der Waals surface area contributed by atoms with Crippen molar-refractivity contribution < 1.29 is 0 Å². The molecule has 1 N–H and O–H groups in total. The third-order valence-corrected chi connectivity index (χ3v) is 3.42. The molecule has 0 bridgehead atoms. The third kappa shape index (κ3) is 3.37. The van der Waals surface area contributed by atoms with E-state index in [2.05, 4.69) is 69.3 Å². The van der Waals surface area contributed by atoms with Gasteiger partial charge in [0.1, 0.15) is 0 Å². The van der Waals surface area contributed by atoms with Crippen molar-refractivity contribution in [2.45, 2.75) is 25.9 Å². The second kappa shape index (κ2) is 5.59. The molecule has 1 heterocycles. The lowest BCUT2D eigenvalue weighted by molar-refractivity contribution is 0.398. The van der Waals surface area contributed by atoms with Gasteiger partial charge in [-0.2, -0.15) is 0 Å². The van der Waals surface area contributed by atoms with Gasteiger partial charge in [-0.1, -0.05) is 28.1 Å². The first kappa shape index (κ1) is 13.2. The van der Waals surface area contributed by atoms with Crippen LogP contribution in [0.15, 0.2) is 47.3 Å². The Hall–Kier alpha value is -1.26. The normalized spacial score (nSPS) is 11.5. The van der Waals surface area contributed by atoms with Gasteiger partial charge in [0.2, 0.25) is 0 Å². The van der Waals surface area contributed by atoms with Crippen LogP contribution in [-0.2, 0) is 12.1 Å². The van der Waals surface area contributed by atoms with E-state index in [-0.39, 0.29) is 5.54 Å². The van der Waals surface area contributed by atoms with E-state index in [1.807, 2.05) is 0 Å². The summed E-state index contributed by atoms with van der Waals surface area (Å²) in [5.41, 5.74) is 2.09. The smallest absolute Gasteiger partial charge is 0.0724 e. The molecule has 2 aromatic rings. The Labute approximate surface area is 116 Å². The summed E-state index contributed by atoms with van der Waals surface area (Å²) in [4.78, 5) is 8.32. The summed E-state index contributed by atoms with van der Waals surface area (Å²) in [5, 5.41) is 3.49. The molecule has 0 amide bonds. The van der Waals surface area contributed by atoms with Crippen molar-refractivity contribution in [2.75, 3.05) is 0 Å². The molecule has 0 atom stereocenters. The molecular formula is C14H16BrN3. The van der Waals surface area contributed by atoms with Crippen molar-refractivity contribution in [3.8, 4) is 0 Å². The summed E-state index contributed by atoms with van der Waals surface area (Å²) in [6.07, 6.45) is 5.18. The molecule has 0 saturated heterocycles. The second-order valence-electron chi connectivity index (χ2n) is 4.68. The van der Waals surface area contributed by atoms with E-state index in [0.29, 0.717) is 6.54 Å². The third-order valence-electron chi connectivity index (χ3n) is 2.89. The number of aromatic nitrogens is 2. The number of halogens is 1. The molecule has 0 saturated carbocycles. The van der Waals surface area contributed by atoms with E-state index in [4.69, 9.17) is 0 Å². The Bertz CT molecular complexity index is 494. The Morgan fingerprint density at radius 2 is 1.89 bits per heavy atom. The van der Waals surface area contributed by atoms with Crippen molar-refractivity contribution in [1.82, 2.24) is 15.3 Å². The first-order valence-electron chi connectivity index (χ1n) is 5.84. The van der Waals surface area contributed by atoms with Crippen molar-refractivity contribution in [1.29, 1.82) is 0 Å². The number of hydrogen-bond donors (Lipinski definition) is 1. The number of rotatable bonds is 4. The lowest BCUT2D eigenvalue weighted by Gasteiger charge is -2.27. The summed E-state index contributed by atoms with van der Waals surface area (Å²) >= 11 is 3.45. The maximum Gasteiger partial charge on any atom is 0.0724 e. The molecule has 0 aliphatic rings. The highest BCUT2D eigenvalue weighted by molar-refractivity contribution is 9.10. The van der Waals surface area contributed by atoms with E-state index in [1.165, 1.54) is 5.56 Å². The highest BCUT2D eigenvalue weighted by atomic mass is 79.9. The minimum atomic E-state index is -0.0990. The molecule has 94 valence electrons. The molecule has 0 radical (unpaired) electrons. The van der Waals surface area contributed by atoms with Gasteiger partial charge in [0.25, 0.3) is 0 Å². The van der Waals surface area contributed by atoms with Crippen molar-refractivity contribution >= 4 is 15.9 Å². The Morgan fingerprint density at radius 1 is 1.17 bits per heavy atom. The number of hydrogen-bond acceptors (Lipinski definition) is 3. The number of nitrogens with one attached hydrogen (secondary N) is 1. The van der Waals surface area contributed by atoms with Crippen molar-refractivity contribution in [3.63, 3.8) is 0 Å². The number of benzene rings is 1. The quantitative estimate of drug-likeness (QED) is 0.942. The summed E-state index contributed by atoms with van der Waals surface area (Å²) < 4.78 is 1.09. The zero-order chi connectivity index (χ0) is 13.0. The van der Waals surface area contributed by atoms with Gasteiger partial charge in [0.15, 0.2) is 0 Å². The largest absolute Gasteiger partial charge is 0.302 e. The van der Waals surface area contributed by atoms with E-state index in [0.717, 1.165) is 10.2 Å². The van der Waals surface area contributed by atoms with E-state index in [1.54, 1.807) is 18.6 Å². The van der Waals surface area contributed by atoms with E-state index < -0.39 is 0 Å². The molecule has 0 aliphatic heterocycles. The SMILES string of the molecule is CC(C)(NCc1cnccn1)c1ccc(Br)cc1. The Kier molecular flexibility index (Phi) is 4.09. The van der Waals surface area contributed by atoms with Gasteiger partial charge in [-0.15, -0.1) is 0 Å². The average molecular weight is 306 g/mol. The highest BCUT2D eigenvalue weighted by Gasteiger charge is 2.19. The van der Waals surface area contributed by atoms with E-state index in [9.17, 15) is 0 Å². The minimum absolute atomic E-state index is 0.0990. The van der Waals surface area contributed by atoms with Gasteiger partial charge in [-0.05, 0) is 31.5 Å². The standard InChI is InChI=1S/C14H16BrN3/c1-14(2,11-3-5-12(15)6-4-11)18-10-13-9-16-7-8-17-13/h3-9,18H,10H2,1-2H3. The maximum atomic E-state index is 4.26. The van der Waals surface area contributed by atoms with Crippen molar-refractivity contribution in [3.05, 3.63) is 58.6 Å². The van der Waals surface area contributed by atoms with Crippen LogP contribution < -0.4 is 5.32 Å². The van der Waals surface area contributed by atoms with Gasteiger partial charge in [0.05, 0.1) is 5.69 Å². The van der Waals surface area contributed by atoms with Crippen LogP contribution in [0, 0.1) is 0 Å². The van der Waals surface area contributed by atoms with Crippen LogP contribution in [0.3, 0.4) is 0 Å². The predicted octanol–water partition coefficient (Wildman–Crippen LogP) is 3.26. The lowest BCUT2D eigenvalue weighted by atomic mass is 9.94. The van der Waals surface area contributed by atoms with Crippen LogP contribution in [0.25, 0.3) is 0 Å². The van der Waals surface area contributed by atoms with Crippen LogP contribution in [0.4, 0.5) is 0 Å². The number of nitrogens with zero attached hydrogens (tertiary/aromatic N) is 2. The molecular weight excluding hydrogens is 290 g/mol. The fourth-order valence-corrected chi connectivity index (χ4v) is 1.97. The van der Waals surface area contributed by atoms with Crippen molar-refractivity contribution in [2.24, 2.45) is 0 Å². The van der Waals surface area contributed by atoms with Gasteiger partial charge < -0.3 is 5.32 Å². The Morgan fingerprint density at radius 3 is 2.50 bits per heavy atom. The van der Waals surface area contributed by atoms with E-state index >= 15 is 0 Å². The summed E-state index contributed by atoms with van der Waals surface area (Å²) in [6.45, 7) is 5.02. The maximum absolute atomic E-state index is 4.26. The topological polar surface area (TPSA) is 37.8 Å². The molecule has 0 spiro atoms. The molecule has 0 fully saturated rings. The van der Waals surface area contributed by atoms with Crippen LogP contribution in [0.1, 0.15) is 25.1 Å². The molecule has 18 heavy (non-hydrogen) atoms. The summed E-state index contributed by atoms with van der Waals surface area (Å²) in [5.74, 6) is 0. The zero-order valence-electron chi connectivity index (χ0n) is 10.5. The van der Waals surface area contributed by atoms with Crippen LogP contribution in [0.5, 0.6) is 0 Å². The van der Waals surface area contributed by atoms with Gasteiger partial charge in [-0.3, -0.25) is 9.97 Å². The van der Waals surface area contributed by atoms with Gasteiger partial charge in [0, 0.05) is 35.1 Å². The molecule has 2 rings (SSSR count). The first-order valence-corrected chi connectivity index (χ1v) is 6.63. The van der Waals surface area contributed by atoms with Gasteiger partial charge >= 0.3 is 0 Å². The first-order chi connectivity index (χ1) is 8.58. The van der Waals surface area contributed by atoms with Gasteiger partial charge in [-0.25, -0.2) is 0 Å². The lowest BCUT2D eigenvalue weighted by Crippen LogP contribution is -2.36. The predicted molar refractivity (Wildman–Crippen MR) is 76.0 cm³/mol. The molecule has 1 aromatic carbocycles. The highest BCUT2D eigenvalue weighted by Crippen LogP contribution is 2.22. The molecule has 0 unspecified atom stereocenters. The van der Waals surface area contributed by atoms with Crippen LogP contribution in [-0.4, -0.2) is 9.97 Å². The second-order valence-corrected chi connectivity index (χ2v) is 5.60. The average Bonchev–Trinajstić information content (AvgIpc) is 2.38. The molecule has 4 heteroatoms. The fourth-order valence-electron chi connectivity index (χ4n) is 1.70. The minimum Gasteiger partial charge on any atom is -0.302 e. The van der Waals surface area contributed by atoms with Crippen LogP contribution in [0.2, 0.25) is 0 Å². The zero-order valence-corrected chi connectivity index (χ0v) is 12.1. The summed E-state index contributed by atoms with van der Waals surface area (Å²) in [7, 11) is 0.